The van der Waals surface area contributed by atoms with Gasteiger partial charge in [-0.1, -0.05) is 30.3 Å². The molecule has 144 valence electrons. The second-order valence-electron chi connectivity index (χ2n) is 7.26. The third kappa shape index (κ3) is 4.01. The van der Waals surface area contributed by atoms with Gasteiger partial charge in [0.25, 0.3) is 0 Å². The van der Waals surface area contributed by atoms with Crippen LogP contribution in [-0.4, -0.2) is 23.0 Å². The largest absolute Gasteiger partial charge is 0.445 e. The van der Waals surface area contributed by atoms with Crippen molar-refractivity contribution in [1.82, 2.24) is 10.3 Å². The second-order valence-corrected chi connectivity index (χ2v) is 7.26. The number of aromatic nitrogens is 1. The Hall–Kier alpha value is -3.28. The third-order valence-electron chi connectivity index (χ3n) is 5.15. The molecule has 2 amide bonds. The number of amides is 2. The van der Waals surface area contributed by atoms with Crippen LogP contribution in [0.1, 0.15) is 36.8 Å². The molecule has 6 heteroatoms. The molecule has 1 aromatic heterocycles. The molecular weight excluding hydrogens is 354 g/mol. The number of hydrogen-bond donors (Lipinski definition) is 3. The van der Waals surface area contributed by atoms with E-state index < -0.39 is 0 Å². The van der Waals surface area contributed by atoms with Crippen molar-refractivity contribution < 1.29 is 14.3 Å². The molecule has 28 heavy (non-hydrogen) atoms. The van der Waals surface area contributed by atoms with Crippen molar-refractivity contribution in [2.24, 2.45) is 0 Å². The minimum atomic E-state index is -0.376. The van der Waals surface area contributed by atoms with Crippen LogP contribution in [0.5, 0.6) is 0 Å². The van der Waals surface area contributed by atoms with Crippen LogP contribution in [0.4, 0.5) is 10.5 Å². The average molecular weight is 377 g/mol. The Morgan fingerprint density at radius 3 is 2.68 bits per heavy atom. The molecule has 0 saturated heterocycles. The smallest absolute Gasteiger partial charge is 0.407 e. The summed E-state index contributed by atoms with van der Waals surface area (Å²) in [6, 6.07) is 15.6. The molecule has 0 unspecified atom stereocenters. The normalized spacial score (nSPS) is 18.3. The number of aromatic amines is 1. The molecule has 1 heterocycles. The number of anilines is 1. The molecule has 1 saturated carbocycles. The zero-order valence-electron chi connectivity index (χ0n) is 15.7. The van der Waals surface area contributed by atoms with Gasteiger partial charge in [0.1, 0.15) is 6.61 Å². The lowest BCUT2D eigenvalue weighted by atomic mass is 9.76. The van der Waals surface area contributed by atoms with Crippen LogP contribution < -0.4 is 10.6 Å². The third-order valence-corrected chi connectivity index (χ3v) is 5.15. The number of nitrogens with one attached hydrogen (secondary N) is 3. The zero-order chi connectivity index (χ0) is 19.5. The van der Waals surface area contributed by atoms with Gasteiger partial charge in [0, 0.05) is 35.8 Å². The first-order valence-electron chi connectivity index (χ1n) is 9.44. The molecule has 1 fully saturated rings. The van der Waals surface area contributed by atoms with E-state index in [1.807, 2.05) is 54.7 Å². The molecule has 1 aliphatic rings. The van der Waals surface area contributed by atoms with Crippen molar-refractivity contribution in [2.75, 3.05) is 5.32 Å². The minimum absolute atomic E-state index is 0.0849. The summed E-state index contributed by atoms with van der Waals surface area (Å²) < 4.78 is 5.29. The monoisotopic (exact) mass is 377 g/mol. The van der Waals surface area contributed by atoms with Gasteiger partial charge in [-0.2, -0.15) is 0 Å². The number of benzene rings is 2. The van der Waals surface area contributed by atoms with Gasteiger partial charge in [-0.25, -0.2) is 4.79 Å². The van der Waals surface area contributed by atoms with Crippen LogP contribution in [0, 0.1) is 0 Å². The number of fused-ring (bicyclic) bond motifs is 1. The van der Waals surface area contributed by atoms with Gasteiger partial charge < -0.3 is 20.4 Å². The van der Waals surface area contributed by atoms with E-state index in [0.717, 1.165) is 35.0 Å². The Morgan fingerprint density at radius 1 is 1.14 bits per heavy atom. The second kappa shape index (κ2) is 7.76. The van der Waals surface area contributed by atoms with Crippen LogP contribution in [0.15, 0.2) is 54.7 Å². The fraction of sp³-hybridized carbons (Fsp3) is 0.273. The fourth-order valence-corrected chi connectivity index (χ4v) is 3.68. The molecule has 1 aliphatic carbocycles. The minimum Gasteiger partial charge on any atom is -0.445 e. The van der Waals surface area contributed by atoms with E-state index >= 15 is 0 Å². The van der Waals surface area contributed by atoms with Gasteiger partial charge in [0.15, 0.2) is 0 Å². The van der Waals surface area contributed by atoms with Crippen LogP contribution in [0.25, 0.3) is 10.9 Å². The maximum Gasteiger partial charge on any atom is 0.407 e. The Labute approximate surface area is 163 Å². The SMILES string of the molecule is CC(=O)Nc1ccc2[nH]cc([C@H]3C[C@H](NC(=O)OCc4ccccc4)C3)c2c1. The number of carbonyl (C=O) groups excluding carboxylic acids is 2. The standard InChI is InChI=1S/C22H23N3O3/c1-14(26)24-17-7-8-21-19(11-17)20(12-23-21)16-9-18(10-16)25-22(27)28-13-15-5-3-2-4-6-15/h2-8,11-12,16,18,23H,9-10,13H2,1H3,(H,24,26)(H,25,27)/t16-,18-. The summed E-state index contributed by atoms with van der Waals surface area (Å²) in [5.74, 6) is 0.291. The Bertz CT molecular complexity index is 991. The van der Waals surface area contributed by atoms with Crippen LogP contribution >= 0.6 is 0 Å². The van der Waals surface area contributed by atoms with E-state index in [1.54, 1.807) is 0 Å². The highest BCUT2D eigenvalue weighted by Gasteiger charge is 2.33. The predicted molar refractivity (Wildman–Crippen MR) is 108 cm³/mol. The molecule has 0 aliphatic heterocycles. The van der Waals surface area contributed by atoms with Crippen LogP contribution in [-0.2, 0) is 16.1 Å². The van der Waals surface area contributed by atoms with Gasteiger partial charge in [-0.15, -0.1) is 0 Å². The highest BCUT2D eigenvalue weighted by Crippen LogP contribution is 2.40. The summed E-state index contributed by atoms with van der Waals surface area (Å²) in [7, 11) is 0. The summed E-state index contributed by atoms with van der Waals surface area (Å²) in [5, 5.41) is 6.87. The molecule has 4 rings (SSSR count). The van der Waals surface area contributed by atoms with Crippen molar-refractivity contribution >= 4 is 28.6 Å². The van der Waals surface area contributed by atoms with E-state index in [-0.39, 0.29) is 24.6 Å². The molecule has 2 aromatic carbocycles. The molecule has 0 spiro atoms. The number of hydrogen-bond acceptors (Lipinski definition) is 3. The van der Waals surface area contributed by atoms with Gasteiger partial charge in [-0.3, -0.25) is 4.79 Å². The number of H-pyrrole nitrogens is 1. The molecule has 6 nitrogen and oxygen atoms in total. The van der Waals surface area contributed by atoms with Crippen molar-refractivity contribution in [2.45, 2.75) is 38.3 Å². The highest BCUT2D eigenvalue weighted by molar-refractivity contribution is 5.93. The molecule has 0 bridgehead atoms. The zero-order valence-corrected chi connectivity index (χ0v) is 15.7. The Kier molecular flexibility index (Phi) is 5.02. The van der Waals surface area contributed by atoms with Gasteiger partial charge >= 0.3 is 6.09 Å². The quantitative estimate of drug-likeness (QED) is 0.620. The number of rotatable bonds is 5. The summed E-state index contributed by atoms with van der Waals surface area (Å²) in [6.07, 6.45) is 3.39. The lowest BCUT2D eigenvalue weighted by Gasteiger charge is -2.35. The first kappa shape index (κ1) is 18.1. The van der Waals surface area contributed by atoms with Crippen molar-refractivity contribution in [3.05, 3.63) is 65.9 Å². The van der Waals surface area contributed by atoms with Crippen LogP contribution in [0.3, 0.4) is 0 Å². The number of alkyl carbamates (subject to hydrolysis) is 1. The molecule has 3 aromatic rings. The van der Waals surface area contributed by atoms with Gasteiger partial charge in [0.05, 0.1) is 0 Å². The van der Waals surface area contributed by atoms with E-state index in [4.69, 9.17) is 4.74 Å². The molecule has 0 atom stereocenters. The van der Waals surface area contributed by atoms with E-state index in [0.29, 0.717) is 5.92 Å². The van der Waals surface area contributed by atoms with Crippen LogP contribution in [0.2, 0.25) is 0 Å². The Balaban J connectivity index is 1.32. The van der Waals surface area contributed by atoms with E-state index in [2.05, 4.69) is 15.6 Å². The first-order chi connectivity index (χ1) is 13.6. The van der Waals surface area contributed by atoms with E-state index in [9.17, 15) is 9.59 Å². The fourth-order valence-electron chi connectivity index (χ4n) is 3.68. The van der Waals surface area contributed by atoms with Crippen molar-refractivity contribution in [1.29, 1.82) is 0 Å². The maximum atomic E-state index is 12.0. The lowest BCUT2D eigenvalue weighted by Crippen LogP contribution is -2.43. The van der Waals surface area contributed by atoms with E-state index in [1.165, 1.54) is 12.5 Å². The highest BCUT2D eigenvalue weighted by atomic mass is 16.5. The van der Waals surface area contributed by atoms with Gasteiger partial charge in [-0.05, 0) is 48.1 Å². The summed E-state index contributed by atoms with van der Waals surface area (Å²) in [6.45, 7) is 1.78. The lowest BCUT2D eigenvalue weighted by molar-refractivity contribution is -0.114. The summed E-state index contributed by atoms with van der Waals surface area (Å²) in [4.78, 5) is 26.6. The Morgan fingerprint density at radius 2 is 1.93 bits per heavy atom. The van der Waals surface area contributed by atoms with Crippen molar-refractivity contribution in [3.63, 3.8) is 0 Å². The van der Waals surface area contributed by atoms with Gasteiger partial charge in [0.2, 0.25) is 5.91 Å². The first-order valence-corrected chi connectivity index (χ1v) is 9.44. The number of ether oxygens (including phenoxy) is 1. The maximum absolute atomic E-state index is 12.0. The molecule has 0 radical (unpaired) electrons. The average Bonchev–Trinajstić information content (AvgIpc) is 3.06. The topological polar surface area (TPSA) is 83.2 Å². The summed E-state index contributed by atoms with van der Waals surface area (Å²) in [5.41, 5.74) is 4.03. The van der Waals surface area contributed by atoms with Crippen molar-refractivity contribution in [3.8, 4) is 0 Å². The molecular formula is C22H23N3O3. The number of carbonyl (C=O) groups is 2. The molecule has 3 N–H and O–H groups in total. The predicted octanol–water partition coefficient (Wildman–Crippen LogP) is 4.30. The summed E-state index contributed by atoms with van der Waals surface area (Å²) >= 11 is 0.